The second-order valence-electron chi connectivity index (χ2n) is 8.53. The highest BCUT2D eigenvalue weighted by molar-refractivity contribution is 7.83. The maximum atomic E-state index is 13.5. The zero-order valence-corrected chi connectivity index (χ0v) is 18.6. The standard InChI is InChI=1S/C24H25N3O4S/c1-16-5-2-3-6-17(16)23(29)31-15-26-13-9-18-19(22(26)28)7-4-8-20(18)32(30)27-14-10-21(25)24(27)11-12-24/h2-9,13,21H,10-12,14-15,25H2,1H3. The van der Waals surface area contributed by atoms with Gasteiger partial charge < -0.3 is 10.5 Å². The van der Waals surface area contributed by atoms with Crippen LogP contribution in [0.3, 0.4) is 0 Å². The Bertz CT molecular complexity index is 1300. The lowest BCUT2D eigenvalue weighted by atomic mass is 10.1. The fourth-order valence-corrected chi connectivity index (χ4v) is 6.32. The first kappa shape index (κ1) is 21.1. The number of aryl methyl sites for hydroxylation is 1. The molecule has 5 rings (SSSR count). The summed E-state index contributed by atoms with van der Waals surface area (Å²) in [5.74, 6) is -0.481. The number of fused-ring (bicyclic) bond motifs is 1. The summed E-state index contributed by atoms with van der Waals surface area (Å²) in [5.41, 5.74) is 7.10. The number of esters is 1. The molecule has 2 atom stereocenters. The Morgan fingerprint density at radius 1 is 1.16 bits per heavy atom. The van der Waals surface area contributed by atoms with Crippen molar-refractivity contribution in [1.82, 2.24) is 8.87 Å². The van der Waals surface area contributed by atoms with Crippen molar-refractivity contribution < 1.29 is 13.7 Å². The van der Waals surface area contributed by atoms with E-state index in [4.69, 9.17) is 10.5 Å². The molecule has 2 fully saturated rings. The first-order valence-corrected chi connectivity index (χ1v) is 11.8. The van der Waals surface area contributed by atoms with Crippen LogP contribution in [0.5, 0.6) is 0 Å². The van der Waals surface area contributed by atoms with E-state index in [-0.39, 0.29) is 23.9 Å². The molecule has 2 unspecified atom stereocenters. The summed E-state index contributed by atoms with van der Waals surface area (Å²) in [4.78, 5) is 26.1. The average Bonchev–Trinajstić information content (AvgIpc) is 3.53. The van der Waals surface area contributed by atoms with Gasteiger partial charge in [0.2, 0.25) is 0 Å². The minimum atomic E-state index is -1.39. The third kappa shape index (κ3) is 3.39. The molecule has 2 aromatic carbocycles. The Balaban J connectivity index is 1.42. The second kappa shape index (κ2) is 7.95. The summed E-state index contributed by atoms with van der Waals surface area (Å²) in [5, 5.41) is 1.09. The Morgan fingerprint density at radius 3 is 2.69 bits per heavy atom. The lowest BCUT2D eigenvalue weighted by molar-refractivity contribution is 0.0366. The number of aromatic nitrogens is 1. The van der Waals surface area contributed by atoms with Gasteiger partial charge in [-0.3, -0.25) is 9.36 Å². The van der Waals surface area contributed by atoms with E-state index in [1.807, 2.05) is 23.4 Å². The third-order valence-electron chi connectivity index (χ3n) is 6.66. The molecular weight excluding hydrogens is 426 g/mol. The maximum absolute atomic E-state index is 13.5. The SMILES string of the molecule is Cc1ccccc1C(=O)OCn1ccc2c(S(=O)N3CCC(N)C34CC4)cccc2c1=O. The van der Waals surface area contributed by atoms with Crippen LogP contribution < -0.4 is 11.3 Å². The van der Waals surface area contributed by atoms with Crippen LogP contribution in [0.1, 0.15) is 35.2 Å². The number of rotatable bonds is 5. The normalized spacial score (nSPS) is 20.5. The van der Waals surface area contributed by atoms with Gasteiger partial charge >= 0.3 is 5.97 Å². The van der Waals surface area contributed by atoms with Crippen molar-refractivity contribution >= 4 is 27.7 Å². The second-order valence-corrected chi connectivity index (χ2v) is 9.91. The molecule has 3 aromatic rings. The Kier molecular flexibility index (Phi) is 5.23. The van der Waals surface area contributed by atoms with Gasteiger partial charge in [-0.2, -0.15) is 0 Å². The highest BCUT2D eigenvalue weighted by Gasteiger charge is 2.58. The van der Waals surface area contributed by atoms with Gasteiger partial charge in [-0.25, -0.2) is 13.3 Å². The van der Waals surface area contributed by atoms with E-state index in [9.17, 15) is 13.8 Å². The topological polar surface area (TPSA) is 94.6 Å². The molecule has 8 heteroatoms. The van der Waals surface area contributed by atoms with Crippen molar-refractivity contribution in [3.8, 4) is 0 Å². The molecule has 0 radical (unpaired) electrons. The molecule has 1 aromatic heterocycles. The quantitative estimate of drug-likeness (QED) is 0.602. The van der Waals surface area contributed by atoms with Gasteiger partial charge in [0.15, 0.2) is 6.73 Å². The van der Waals surface area contributed by atoms with Crippen LogP contribution in [-0.2, 0) is 22.5 Å². The smallest absolute Gasteiger partial charge is 0.340 e. The highest BCUT2D eigenvalue weighted by Crippen LogP contribution is 2.50. The van der Waals surface area contributed by atoms with Crippen molar-refractivity contribution in [3.05, 3.63) is 76.2 Å². The molecule has 32 heavy (non-hydrogen) atoms. The van der Waals surface area contributed by atoms with E-state index < -0.39 is 17.0 Å². The van der Waals surface area contributed by atoms with Crippen LogP contribution >= 0.6 is 0 Å². The zero-order chi connectivity index (χ0) is 22.5. The molecule has 2 aliphatic rings. The fourth-order valence-electron chi connectivity index (χ4n) is 4.60. The van der Waals surface area contributed by atoms with Crippen molar-refractivity contribution in [3.63, 3.8) is 0 Å². The van der Waals surface area contributed by atoms with E-state index in [2.05, 4.69) is 0 Å². The average molecular weight is 452 g/mol. The number of nitrogens with zero attached hydrogens (tertiary/aromatic N) is 2. The van der Waals surface area contributed by atoms with Crippen molar-refractivity contribution in [2.75, 3.05) is 6.54 Å². The van der Waals surface area contributed by atoms with Crippen LogP contribution in [-0.4, -0.2) is 37.2 Å². The Morgan fingerprint density at radius 2 is 1.94 bits per heavy atom. The van der Waals surface area contributed by atoms with Gasteiger partial charge in [0.1, 0.15) is 11.0 Å². The van der Waals surface area contributed by atoms with Crippen molar-refractivity contribution in [1.29, 1.82) is 0 Å². The molecule has 1 aliphatic heterocycles. The van der Waals surface area contributed by atoms with Gasteiger partial charge in [-0.05, 0) is 56.0 Å². The summed E-state index contributed by atoms with van der Waals surface area (Å²) in [6, 6.07) is 14.2. The summed E-state index contributed by atoms with van der Waals surface area (Å²) in [7, 11) is -1.39. The monoisotopic (exact) mass is 451 g/mol. The number of pyridine rings is 1. The summed E-state index contributed by atoms with van der Waals surface area (Å²) in [6.07, 6.45) is 4.34. The first-order valence-electron chi connectivity index (χ1n) is 10.7. The summed E-state index contributed by atoms with van der Waals surface area (Å²) >= 11 is 0. The van der Waals surface area contributed by atoms with E-state index in [1.165, 1.54) is 4.57 Å². The van der Waals surface area contributed by atoms with Gasteiger partial charge in [0.25, 0.3) is 5.56 Å². The van der Waals surface area contributed by atoms with Crippen LogP contribution in [0.2, 0.25) is 0 Å². The van der Waals surface area contributed by atoms with E-state index in [1.54, 1.807) is 42.6 Å². The zero-order valence-electron chi connectivity index (χ0n) is 17.8. The first-order chi connectivity index (χ1) is 15.4. The predicted octanol–water partition coefficient (Wildman–Crippen LogP) is 2.71. The minimum Gasteiger partial charge on any atom is -0.440 e. The van der Waals surface area contributed by atoms with Gasteiger partial charge in [-0.15, -0.1) is 0 Å². The minimum absolute atomic E-state index is 0.0431. The van der Waals surface area contributed by atoms with Crippen LogP contribution in [0, 0.1) is 6.92 Å². The lowest BCUT2D eigenvalue weighted by Gasteiger charge is -2.25. The van der Waals surface area contributed by atoms with Gasteiger partial charge in [0.05, 0.1) is 10.5 Å². The molecule has 0 amide bonds. The number of carbonyl (C=O) groups excluding carboxylic acids is 1. The maximum Gasteiger partial charge on any atom is 0.340 e. The summed E-state index contributed by atoms with van der Waals surface area (Å²) in [6.45, 7) is 2.33. The summed E-state index contributed by atoms with van der Waals surface area (Å²) < 4.78 is 22.2. The van der Waals surface area contributed by atoms with Gasteiger partial charge in [-0.1, -0.05) is 24.3 Å². The molecule has 7 nitrogen and oxygen atoms in total. The predicted molar refractivity (Wildman–Crippen MR) is 122 cm³/mol. The number of ether oxygens (including phenoxy) is 1. The molecule has 1 saturated heterocycles. The van der Waals surface area contributed by atoms with Crippen LogP contribution in [0.4, 0.5) is 0 Å². The molecule has 1 spiro atoms. The lowest BCUT2D eigenvalue weighted by Crippen LogP contribution is -2.42. The molecule has 2 heterocycles. The number of benzene rings is 2. The molecule has 166 valence electrons. The third-order valence-corrected chi connectivity index (χ3v) is 8.34. The molecule has 1 aliphatic carbocycles. The van der Waals surface area contributed by atoms with Crippen LogP contribution in [0.25, 0.3) is 10.8 Å². The molecule has 2 N–H and O–H groups in total. The Hall–Kier alpha value is -2.81. The van der Waals surface area contributed by atoms with Crippen molar-refractivity contribution in [2.45, 2.75) is 49.4 Å². The highest BCUT2D eigenvalue weighted by atomic mass is 32.2. The van der Waals surface area contributed by atoms with Crippen LogP contribution in [0.15, 0.2) is 64.4 Å². The van der Waals surface area contributed by atoms with Gasteiger partial charge in [0, 0.05) is 35.1 Å². The molecular formula is C24H25N3O4S. The van der Waals surface area contributed by atoms with E-state index >= 15 is 0 Å². The largest absolute Gasteiger partial charge is 0.440 e. The van der Waals surface area contributed by atoms with Crippen molar-refractivity contribution in [2.24, 2.45) is 5.73 Å². The Labute approximate surface area is 188 Å². The molecule has 1 saturated carbocycles. The number of carbonyl (C=O) groups is 1. The fraction of sp³-hybridized carbons (Fsp3) is 0.333. The number of hydrogen-bond acceptors (Lipinski definition) is 5. The van der Waals surface area contributed by atoms with E-state index in [0.29, 0.717) is 27.8 Å². The number of nitrogens with two attached hydrogens (primary N) is 1. The molecule has 0 bridgehead atoms. The van der Waals surface area contributed by atoms with E-state index in [0.717, 1.165) is 24.8 Å². The number of hydrogen-bond donors (Lipinski definition) is 1.